The predicted octanol–water partition coefficient (Wildman–Crippen LogP) is 2.59. The molecule has 1 fully saturated rings. The standard InChI is InChI=1S/C20H26N4O4/c1-3-17-22-18(28-23-17)15-6-4-14(5-7-15)8-9-21-20(27)24-11-13(2)10-16(12-24)19(25)26/h4-7,13,16H,3,8-12H2,1-2H3,(H,21,27)(H,25,26). The number of hydrogen-bond donors (Lipinski definition) is 2. The molecular weight excluding hydrogens is 360 g/mol. The molecule has 3 rings (SSSR count). The first kappa shape index (κ1) is 19.9. The van der Waals surface area contributed by atoms with Crippen molar-refractivity contribution in [2.24, 2.45) is 11.8 Å². The molecule has 8 nitrogen and oxygen atoms in total. The molecule has 2 heterocycles. The van der Waals surface area contributed by atoms with Crippen LogP contribution in [0.5, 0.6) is 0 Å². The third-order valence-corrected chi connectivity index (χ3v) is 4.97. The number of rotatable bonds is 6. The number of carbonyl (C=O) groups is 2. The topological polar surface area (TPSA) is 109 Å². The molecule has 2 N–H and O–H groups in total. The van der Waals surface area contributed by atoms with Gasteiger partial charge in [-0.1, -0.05) is 31.1 Å². The summed E-state index contributed by atoms with van der Waals surface area (Å²) in [6.07, 6.45) is 2.03. The zero-order valence-electron chi connectivity index (χ0n) is 16.2. The number of amides is 2. The highest BCUT2D eigenvalue weighted by Gasteiger charge is 2.31. The van der Waals surface area contributed by atoms with Gasteiger partial charge in [0, 0.05) is 31.6 Å². The molecule has 2 atom stereocenters. The van der Waals surface area contributed by atoms with Gasteiger partial charge in [0.25, 0.3) is 5.89 Å². The van der Waals surface area contributed by atoms with Gasteiger partial charge in [-0.3, -0.25) is 4.79 Å². The molecule has 0 radical (unpaired) electrons. The van der Waals surface area contributed by atoms with Gasteiger partial charge in [0.15, 0.2) is 5.82 Å². The molecule has 0 aliphatic carbocycles. The van der Waals surface area contributed by atoms with Crippen LogP contribution in [0.1, 0.15) is 31.7 Å². The van der Waals surface area contributed by atoms with Crippen LogP contribution in [0, 0.1) is 11.8 Å². The predicted molar refractivity (Wildman–Crippen MR) is 103 cm³/mol. The van der Waals surface area contributed by atoms with Gasteiger partial charge in [0.2, 0.25) is 0 Å². The number of carbonyl (C=O) groups excluding carboxylic acids is 1. The van der Waals surface area contributed by atoms with Crippen molar-refractivity contribution in [1.82, 2.24) is 20.4 Å². The molecule has 1 aromatic carbocycles. The van der Waals surface area contributed by atoms with E-state index in [-0.39, 0.29) is 18.5 Å². The number of aryl methyl sites for hydroxylation is 1. The lowest BCUT2D eigenvalue weighted by atomic mass is 9.91. The number of nitrogens with zero attached hydrogens (tertiary/aromatic N) is 3. The smallest absolute Gasteiger partial charge is 0.317 e. The number of aliphatic carboxylic acids is 1. The lowest BCUT2D eigenvalue weighted by molar-refractivity contribution is -0.143. The molecule has 2 unspecified atom stereocenters. The summed E-state index contributed by atoms with van der Waals surface area (Å²) in [5.74, 6) is 0.0469. The van der Waals surface area contributed by atoms with Crippen molar-refractivity contribution in [2.75, 3.05) is 19.6 Å². The zero-order valence-corrected chi connectivity index (χ0v) is 16.2. The van der Waals surface area contributed by atoms with Crippen molar-refractivity contribution in [3.8, 4) is 11.5 Å². The Balaban J connectivity index is 1.49. The third-order valence-electron chi connectivity index (χ3n) is 4.97. The summed E-state index contributed by atoms with van der Waals surface area (Å²) in [5, 5.41) is 16.0. The summed E-state index contributed by atoms with van der Waals surface area (Å²) in [6.45, 7) is 5.29. The third kappa shape index (κ3) is 4.88. The average molecular weight is 386 g/mol. The number of benzene rings is 1. The normalized spacial score (nSPS) is 19.4. The van der Waals surface area contributed by atoms with Crippen LogP contribution < -0.4 is 5.32 Å². The van der Waals surface area contributed by atoms with E-state index >= 15 is 0 Å². The van der Waals surface area contributed by atoms with Crippen molar-refractivity contribution in [2.45, 2.75) is 33.1 Å². The van der Waals surface area contributed by atoms with Crippen LogP contribution in [0.3, 0.4) is 0 Å². The van der Waals surface area contributed by atoms with Crippen molar-refractivity contribution in [3.05, 3.63) is 35.7 Å². The number of urea groups is 1. The van der Waals surface area contributed by atoms with Crippen LogP contribution in [0.15, 0.2) is 28.8 Å². The fraction of sp³-hybridized carbons (Fsp3) is 0.500. The van der Waals surface area contributed by atoms with Gasteiger partial charge in [0.05, 0.1) is 5.92 Å². The number of hydrogen-bond acceptors (Lipinski definition) is 5. The van der Waals surface area contributed by atoms with Crippen LogP contribution in [-0.4, -0.2) is 51.8 Å². The molecule has 0 saturated carbocycles. The van der Waals surface area contributed by atoms with Crippen LogP contribution >= 0.6 is 0 Å². The average Bonchev–Trinajstić information content (AvgIpc) is 3.17. The number of carboxylic acid groups (broad SMARTS) is 1. The number of piperidine rings is 1. The lowest BCUT2D eigenvalue weighted by Crippen LogP contribution is -2.49. The van der Waals surface area contributed by atoms with Gasteiger partial charge < -0.3 is 19.8 Å². The Hall–Kier alpha value is -2.90. The molecule has 2 amide bonds. The summed E-state index contributed by atoms with van der Waals surface area (Å²) in [6, 6.07) is 7.59. The monoisotopic (exact) mass is 386 g/mol. The Morgan fingerprint density at radius 3 is 2.68 bits per heavy atom. The second-order valence-corrected chi connectivity index (χ2v) is 7.33. The first-order chi connectivity index (χ1) is 13.5. The van der Waals surface area contributed by atoms with Crippen LogP contribution in [0.4, 0.5) is 4.79 Å². The van der Waals surface area contributed by atoms with Gasteiger partial charge >= 0.3 is 12.0 Å². The number of likely N-dealkylation sites (tertiary alicyclic amines) is 1. The van der Waals surface area contributed by atoms with E-state index in [1.165, 1.54) is 0 Å². The lowest BCUT2D eigenvalue weighted by Gasteiger charge is -2.34. The molecule has 150 valence electrons. The van der Waals surface area contributed by atoms with Crippen molar-refractivity contribution >= 4 is 12.0 Å². The maximum atomic E-state index is 12.4. The van der Waals surface area contributed by atoms with Crippen LogP contribution in [-0.2, 0) is 17.6 Å². The highest BCUT2D eigenvalue weighted by atomic mass is 16.5. The van der Waals surface area contributed by atoms with E-state index in [1.807, 2.05) is 38.1 Å². The summed E-state index contributed by atoms with van der Waals surface area (Å²) < 4.78 is 5.23. The second-order valence-electron chi connectivity index (χ2n) is 7.33. The van der Waals surface area contributed by atoms with Gasteiger partial charge in [-0.2, -0.15) is 4.98 Å². The van der Waals surface area contributed by atoms with Gasteiger partial charge in [0.1, 0.15) is 0 Å². The molecule has 1 saturated heterocycles. The summed E-state index contributed by atoms with van der Waals surface area (Å²) in [5.41, 5.74) is 1.94. The summed E-state index contributed by atoms with van der Waals surface area (Å²) in [7, 11) is 0. The molecule has 1 aromatic heterocycles. The summed E-state index contributed by atoms with van der Waals surface area (Å²) >= 11 is 0. The largest absolute Gasteiger partial charge is 0.481 e. The van der Waals surface area contributed by atoms with E-state index in [0.29, 0.717) is 37.6 Å². The SMILES string of the molecule is CCc1noc(-c2ccc(CCNC(=O)N3CC(C)CC(C(=O)O)C3)cc2)n1. The molecular formula is C20H26N4O4. The van der Waals surface area contributed by atoms with Gasteiger partial charge in [-0.15, -0.1) is 0 Å². The Morgan fingerprint density at radius 1 is 1.29 bits per heavy atom. The molecule has 2 aromatic rings. The molecule has 8 heteroatoms. The molecule has 0 bridgehead atoms. The fourth-order valence-corrected chi connectivity index (χ4v) is 3.45. The highest BCUT2D eigenvalue weighted by Crippen LogP contribution is 2.22. The van der Waals surface area contributed by atoms with E-state index in [1.54, 1.807) is 4.90 Å². The minimum atomic E-state index is -0.836. The molecule has 0 spiro atoms. The van der Waals surface area contributed by atoms with Gasteiger partial charge in [-0.05, 0) is 36.5 Å². The second kappa shape index (κ2) is 8.86. The van der Waals surface area contributed by atoms with E-state index in [9.17, 15) is 14.7 Å². The molecule has 28 heavy (non-hydrogen) atoms. The first-order valence-electron chi connectivity index (χ1n) is 9.63. The maximum Gasteiger partial charge on any atom is 0.317 e. The van der Waals surface area contributed by atoms with Crippen molar-refractivity contribution in [3.63, 3.8) is 0 Å². The minimum absolute atomic E-state index is 0.186. The van der Waals surface area contributed by atoms with Gasteiger partial charge in [-0.25, -0.2) is 4.79 Å². The summed E-state index contributed by atoms with van der Waals surface area (Å²) in [4.78, 5) is 29.5. The van der Waals surface area contributed by atoms with Crippen LogP contribution in [0.2, 0.25) is 0 Å². The van der Waals surface area contributed by atoms with Crippen molar-refractivity contribution < 1.29 is 19.2 Å². The number of nitrogens with one attached hydrogen (secondary N) is 1. The van der Waals surface area contributed by atoms with E-state index < -0.39 is 11.9 Å². The molecule has 1 aliphatic rings. The molecule has 1 aliphatic heterocycles. The van der Waals surface area contributed by atoms with Crippen LogP contribution in [0.25, 0.3) is 11.5 Å². The minimum Gasteiger partial charge on any atom is -0.481 e. The Bertz CT molecular complexity index is 818. The van der Waals surface area contributed by atoms with E-state index in [4.69, 9.17) is 4.52 Å². The zero-order chi connectivity index (χ0) is 20.1. The Labute approximate surface area is 163 Å². The fourth-order valence-electron chi connectivity index (χ4n) is 3.45. The quantitative estimate of drug-likeness (QED) is 0.790. The highest BCUT2D eigenvalue weighted by molar-refractivity contribution is 5.76. The Morgan fingerprint density at radius 2 is 2.04 bits per heavy atom. The first-order valence-corrected chi connectivity index (χ1v) is 9.63. The van der Waals surface area contributed by atoms with E-state index in [2.05, 4.69) is 15.5 Å². The number of aromatic nitrogens is 2. The van der Waals surface area contributed by atoms with Crippen molar-refractivity contribution in [1.29, 1.82) is 0 Å². The Kier molecular flexibility index (Phi) is 6.28. The number of carboxylic acids is 1. The maximum absolute atomic E-state index is 12.4. The van der Waals surface area contributed by atoms with E-state index in [0.717, 1.165) is 17.5 Å².